The van der Waals surface area contributed by atoms with Crippen LogP contribution in [0.2, 0.25) is 0 Å². The van der Waals surface area contributed by atoms with Gasteiger partial charge in [0.1, 0.15) is 6.04 Å². The number of carbonyl (C=O) groups is 1. The van der Waals surface area contributed by atoms with Crippen LogP contribution in [-0.4, -0.2) is 32.2 Å². The van der Waals surface area contributed by atoms with Gasteiger partial charge in [0, 0.05) is 11.6 Å². The fraction of sp³-hybridized carbons (Fsp3) is 0.556. The van der Waals surface area contributed by atoms with Crippen molar-refractivity contribution in [2.24, 2.45) is 5.92 Å². The van der Waals surface area contributed by atoms with Crippen LogP contribution < -0.4 is 5.32 Å². The highest BCUT2D eigenvalue weighted by Gasteiger charge is 2.26. The molecule has 0 spiro atoms. The predicted octanol–water partition coefficient (Wildman–Crippen LogP) is 2.90. The number of benzene rings is 1. The average Bonchev–Trinajstić information content (AvgIpc) is 3.07. The number of carbonyl (C=O) groups excluding carboxylic acids is 1. The van der Waals surface area contributed by atoms with E-state index in [1.54, 1.807) is 0 Å². The van der Waals surface area contributed by atoms with Gasteiger partial charge in [-0.3, -0.25) is 4.79 Å². The number of rotatable bonds is 4. The molecule has 0 radical (unpaired) electrons. The number of nitrogens with zero attached hydrogens (tertiary/aromatic N) is 4. The molecule has 0 unspecified atom stereocenters. The molecule has 1 aliphatic rings. The van der Waals surface area contributed by atoms with Crippen LogP contribution in [-0.2, 0) is 4.79 Å². The first-order chi connectivity index (χ1) is 11.5. The topological polar surface area (TPSA) is 72.7 Å². The summed E-state index contributed by atoms with van der Waals surface area (Å²) in [5.41, 5.74) is 2.08. The quantitative estimate of drug-likeness (QED) is 0.937. The third-order valence-corrected chi connectivity index (χ3v) is 4.90. The van der Waals surface area contributed by atoms with Crippen LogP contribution >= 0.6 is 0 Å². The van der Waals surface area contributed by atoms with Gasteiger partial charge in [0.25, 0.3) is 0 Å². The van der Waals surface area contributed by atoms with Gasteiger partial charge < -0.3 is 5.32 Å². The third kappa shape index (κ3) is 3.63. The lowest BCUT2D eigenvalue weighted by molar-refractivity contribution is -0.125. The second-order valence-electron chi connectivity index (χ2n) is 6.85. The van der Waals surface area contributed by atoms with Gasteiger partial charge in [-0.1, -0.05) is 49.6 Å². The van der Waals surface area contributed by atoms with Crippen molar-refractivity contribution in [2.45, 2.75) is 58.5 Å². The first kappa shape index (κ1) is 16.6. The van der Waals surface area contributed by atoms with Crippen molar-refractivity contribution in [3.63, 3.8) is 0 Å². The fourth-order valence-corrected chi connectivity index (χ4v) is 3.15. The van der Waals surface area contributed by atoms with Crippen molar-refractivity contribution in [2.75, 3.05) is 0 Å². The van der Waals surface area contributed by atoms with E-state index in [0.717, 1.165) is 12.0 Å². The van der Waals surface area contributed by atoms with Gasteiger partial charge in [-0.25, -0.2) is 0 Å². The number of hydrogen-bond donors (Lipinski definition) is 1. The van der Waals surface area contributed by atoms with E-state index < -0.39 is 6.04 Å². The second-order valence-corrected chi connectivity index (χ2v) is 6.85. The largest absolute Gasteiger partial charge is 0.351 e. The lowest BCUT2D eigenvalue weighted by Crippen LogP contribution is -2.44. The summed E-state index contributed by atoms with van der Waals surface area (Å²) in [4.78, 5) is 13.9. The van der Waals surface area contributed by atoms with Gasteiger partial charge in [-0.15, -0.1) is 10.2 Å². The van der Waals surface area contributed by atoms with Gasteiger partial charge in [0.2, 0.25) is 11.7 Å². The van der Waals surface area contributed by atoms with E-state index in [-0.39, 0.29) is 11.9 Å². The van der Waals surface area contributed by atoms with Crippen molar-refractivity contribution < 1.29 is 4.79 Å². The van der Waals surface area contributed by atoms with E-state index in [1.807, 2.05) is 38.1 Å². The Hall–Kier alpha value is -2.24. The lowest BCUT2D eigenvalue weighted by Gasteiger charge is -2.30. The summed E-state index contributed by atoms with van der Waals surface area (Å²) in [5.74, 6) is 1.03. The van der Waals surface area contributed by atoms with Crippen molar-refractivity contribution in [1.29, 1.82) is 0 Å². The van der Waals surface area contributed by atoms with E-state index in [2.05, 4.69) is 27.7 Å². The Labute approximate surface area is 142 Å². The average molecular weight is 327 g/mol. The molecule has 128 valence electrons. The van der Waals surface area contributed by atoms with Gasteiger partial charge in [-0.05, 0) is 37.8 Å². The molecule has 0 saturated heterocycles. The van der Waals surface area contributed by atoms with Gasteiger partial charge in [0.15, 0.2) is 0 Å². The minimum Gasteiger partial charge on any atom is -0.351 e. The number of nitrogens with one attached hydrogen (secondary N) is 1. The SMILES string of the molecule is Cc1ccc(-c2nnn([C@H](C)C(=O)N[C@@H]3CCCC[C@H]3C)n2)cc1. The standard InChI is InChI=1S/C18H25N5O/c1-12-8-10-15(11-9-12)17-20-22-23(21-17)14(3)18(24)19-16-7-5-4-6-13(16)2/h8-11,13-14,16H,4-7H2,1-3H3,(H,19,24)/t13-,14-,16-/m1/s1. The number of aromatic nitrogens is 4. The number of aryl methyl sites for hydroxylation is 1. The van der Waals surface area contributed by atoms with Crippen LogP contribution in [0.3, 0.4) is 0 Å². The first-order valence-electron chi connectivity index (χ1n) is 8.71. The van der Waals surface area contributed by atoms with Gasteiger partial charge in [0.05, 0.1) is 0 Å². The molecule has 24 heavy (non-hydrogen) atoms. The summed E-state index contributed by atoms with van der Waals surface area (Å²) in [7, 11) is 0. The van der Waals surface area contributed by atoms with Crippen molar-refractivity contribution in [3.05, 3.63) is 29.8 Å². The first-order valence-corrected chi connectivity index (χ1v) is 8.71. The fourth-order valence-electron chi connectivity index (χ4n) is 3.15. The van der Waals surface area contributed by atoms with Crippen molar-refractivity contribution in [3.8, 4) is 11.4 Å². The molecule has 1 N–H and O–H groups in total. The summed E-state index contributed by atoms with van der Waals surface area (Å²) < 4.78 is 0. The minimum absolute atomic E-state index is 0.0402. The molecular weight excluding hydrogens is 302 g/mol. The molecule has 1 aromatic carbocycles. The number of amides is 1. The molecule has 3 rings (SSSR count). The predicted molar refractivity (Wildman–Crippen MR) is 92.3 cm³/mol. The van der Waals surface area contributed by atoms with Crippen LogP contribution in [0.5, 0.6) is 0 Å². The Morgan fingerprint density at radius 1 is 1.25 bits per heavy atom. The Morgan fingerprint density at radius 2 is 1.96 bits per heavy atom. The summed E-state index contributed by atoms with van der Waals surface area (Å²) in [6, 6.07) is 7.74. The molecule has 1 amide bonds. The Bertz CT molecular complexity index is 694. The van der Waals surface area contributed by atoms with E-state index in [1.165, 1.54) is 29.6 Å². The summed E-state index contributed by atoms with van der Waals surface area (Å²) in [6.45, 7) is 6.05. The maximum atomic E-state index is 12.5. The van der Waals surface area contributed by atoms with Crippen LogP contribution in [0.25, 0.3) is 11.4 Å². The van der Waals surface area contributed by atoms with Gasteiger partial charge in [-0.2, -0.15) is 4.80 Å². The van der Waals surface area contributed by atoms with Crippen LogP contribution in [0, 0.1) is 12.8 Å². The van der Waals surface area contributed by atoms with Crippen LogP contribution in [0.4, 0.5) is 0 Å². The zero-order valence-electron chi connectivity index (χ0n) is 14.6. The molecule has 6 heteroatoms. The van der Waals surface area contributed by atoms with E-state index in [9.17, 15) is 4.79 Å². The zero-order chi connectivity index (χ0) is 17.1. The molecule has 0 bridgehead atoms. The van der Waals surface area contributed by atoms with E-state index in [4.69, 9.17) is 0 Å². The smallest absolute Gasteiger partial charge is 0.246 e. The molecule has 1 fully saturated rings. The maximum absolute atomic E-state index is 12.5. The highest BCUT2D eigenvalue weighted by Crippen LogP contribution is 2.24. The minimum atomic E-state index is -0.467. The van der Waals surface area contributed by atoms with Crippen molar-refractivity contribution in [1.82, 2.24) is 25.5 Å². The molecule has 1 aliphatic carbocycles. The zero-order valence-corrected chi connectivity index (χ0v) is 14.6. The monoisotopic (exact) mass is 327 g/mol. The van der Waals surface area contributed by atoms with E-state index >= 15 is 0 Å². The molecule has 3 atom stereocenters. The van der Waals surface area contributed by atoms with Gasteiger partial charge >= 0.3 is 0 Å². The summed E-state index contributed by atoms with van der Waals surface area (Å²) in [6.07, 6.45) is 4.67. The summed E-state index contributed by atoms with van der Waals surface area (Å²) >= 11 is 0. The second kappa shape index (κ2) is 7.11. The number of hydrogen-bond acceptors (Lipinski definition) is 4. The molecule has 0 aliphatic heterocycles. The highest BCUT2D eigenvalue weighted by atomic mass is 16.2. The molecular formula is C18H25N5O. The maximum Gasteiger partial charge on any atom is 0.246 e. The van der Waals surface area contributed by atoms with Crippen LogP contribution in [0.15, 0.2) is 24.3 Å². The van der Waals surface area contributed by atoms with E-state index in [0.29, 0.717) is 11.7 Å². The Balaban J connectivity index is 1.67. The molecule has 2 aromatic rings. The number of tetrazole rings is 1. The molecule has 1 saturated carbocycles. The highest BCUT2D eigenvalue weighted by molar-refractivity contribution is 5.80. The normalized spacial score (nSPS) is 22.1. The molecule has 6 nitrogen and oxygen atoms in total. The lowest BCUT2D eigenvalue weighted by atomic mass is 9.86. The Morgan fingerprint density at radius 3 is 2.67 bits per heavy atom. The Kier molecular flexibility index (Phi) is 4.92. The summed E-state index contributed by atoms with van der Waals surface area (Å²) in [5, 5.41) is 15.7. The van der Waals surface area contributed by atoms with Crippen molar-refractivity contribution >= 4 is 5.91 Å². The van der Waals surface area contributed by atoms with Crippen LogP contribution in [0.1, 0.15) is 51.1 Å². The molecule has 1 heterocycles. The third-order valence-electron chi connectivity index (χ3n) is 4.90. The molecule has 1 aromatic heterocycles.